The van der Waals surface area contributed by atoms with Crippen molar-refractivity contribution in [2.45, 2.75) is 39.0 Å². The summed E-state index contributed by atoms with van der Waals surface area (Å²) in [5.74, 6) is -0.418. The molecule has 20 heavy (non-hydrogen) atoms. The Morgan fingerprint density at radius 3 is 2.50 bits per heavy atom. The van der Waals surface area contributed by atoms with Crippen LogP contribution in [0.2, 0.25) is 0 Å². The number of amides is 2. The zero-order chi connectivity index (χ0) is 14.3. The topological polar surface area (TPSA) is 63.4 Å². The molecule has 1 fully saturated rings. The van der Waals surface area contributed by atoms with Crippen molar-refractivity contribution in [3.8, 4) is 0 Å². The summed E-state index contributed by atoms with van der Waals surface area (Å²) >= 11 is 0. The molecule has 106 valence electrons. The predicted octanol–water partition coefficient (Wildman–Crippen LogP) is 2.84. The second-order valence-corrected chi connectivity index (χ2v) is 6.34. The Balaban J connectivity index is 1.88. The lowest BCUT2D eigenvalue weighted by Crippen LogP contribution is -2.40. The van der Waals surface area contributed by atoms with Gasteiger partial charge in [-0.3, -0.25) is 14.5 Å². The molecular formula is C16H20N2O2. The highest BCUT2D eigenvalue weighted by Gasteiger charge is 2.41. The summed E-state index contributed by atoms with van der Waals surface area (Å²) in [7, 11) is 0. The van der Waals surface area contributed by atoms with Crippen molar-refractivity contribution in [3.63, 3.8) is 0 Å². The van der Waals surface area contributed by atoms with Crippen LogP contribution in [0.4, 0.5) is 5.69 Å². The number of fused-ring (bicyclic) bond motifs is 1. The van der Waals surface area contributed by atoms with E-state index in [1.807, 2.05) is 0 Å². The van der Waals surface area contributed by atoms with Crippen molar-refractivity contribution in [1.29, 1.82) is 0 Å². The Morgan fingerprint density at radius 1 is 1.15 bits per heavy atom. The van der Waals surface area contributed by atoms with Crippen molar-refractivity contribution in [1.82, 2.24) is 4.90 Å². The van der Waals surface area contributed by atoms with Gasteiger partial charge in [0.25, 0.3) is 11.8 Å². The van der Waals surface area contributed by atoms with Crippen LogP contribution in [0.25, 0.3) is 0 Å². The smallest absolute Gasteiger partial charge is 0.263 e. The van der Waals surface area contributed by atoms with Crippen LogP contribution in [0.5, 0.6) is 0 Å². The van der Waals surface area contributed by atoms with Crippen LogP contribution in [0, 0.1) is 5.41 Å². The van der Waals surface area contributed by atoms with E-state index in [1.165, 1.54) is 24.2 Å². The lowest BCUT2D eigenvalue weighted by atomic mass is 9.75. The lowest BCUT2D eigenvalue weighted by Gasteiger charge is -2.36. The molecule has 4 heteroatoms. The maximum absolute atomic E-state index is 12.5. The van der Waals surface area contributed by atoms with Crippen LogP contribution in [0.1, 0.15) is 59.7 Å². The minimum atomic E-state index is -0.227. The highest BCUT2D eigenvalue weighted by molar-refractivity contribution is 6.23. The van der Waals surface area contributed by atoms with Gasteiger partial charge in [0.15, 0.2) is 0 Å². The van der Waals surface area contributed by atoms with Crippen molar-refractivity contribution in [3.05, 3.63) is 29.3 Å². The molecular weight excluding hydrogens is 252 g/mol. The molecule has 2 N–H and O–H groups in total. The predicted molar refractivity (Wildman–Crippen MR) is 77.4 cm³/mol. The number of rotatable bonds is 2. The standard InChI is InChI=1S/C16H20N2O2/c1-16(8-3-2-4-9-16)10-18-14(19)11-6-5-7-12(17)13(11)15(18)20/h5-7H,2-4,8-10,17H2,1H3. The molecule has 2 aliphatic rings. The first-order valence-electron chi connectivity index (χ1n) is 7.27. The zero-order valence-electron chi connectivity index (χ0n) is 11.8. The van der Waals surface area contributed by atoms with Crippen LogP contribution in [0.3, 0.4) is 0 Å². The van der Waals surface area contributed by atoms with Gasteiger partial charge in [0, 0.05) is 12.2 Å². The maximum Gasteiger partial charge on any atom is 0.263 e. The van der Waals surface area contributed by atoms with Gasteiger partial charge < -0.3 is 5.73 Å². The van der Waals surface area contributed by atoms with Crippen LogP contribution in [-0.4, -0.2) is 23.3 Å². The van der Waals surface area contributed by atoms with Gasteiger partial charge in [-0.2, -0.15) is 0 Å². The number of anilines is 1. The Labute approximate surface area is 118 Å². The number of benzene rings is 1. The van der Waals surface area contributed by atoms with Gasteiger partial charge in [0.05, 0.1) is 11.1 Å². The van der Waals surface area contributed by atoms with Crippen LogP contribution < -0.4 is 5.73 Å². The monoisotopic (exact) mass is 272 g/mol. The molecule has 0 atom stereocenters. The van der Waals surface area contributed by atoms with Gasteiger partial charge in [0.2, 0.25) is 0 Å². The van der Waals surface area contributed by atoms with Crippen LogP contribution >= 0.6 is 0 Å². The highest BCUT2D eigenvalue weighted by atomic mass is 16.2. The number of nitrogen functional groups attached to an aromatic ring is 1. The number of carbonyl (C=O) groups is 2. The average molecular weight is 272 g/mol. The number of carbonyl (C=O) groups excluding carboxylic acids is 2. The first-order valence-corrected chi connectivity index (χ1v) is 7.27. The summed E-state index contributed by atoms with van der Waals surface area (Å²) in [4.78, 5) is 26.3. The van der Waals surface area contributed by atoms with Gasteiger partial charge in [0.1, 0.15) is 0 Å². The summed E-state index contributed by atoms with van der Waals surface area (Å²) in [5, 5.41) is 0. The molecule has 4 nitrogen and oxygen atoms in total. The second-order valence-electron chi connectivity index (χ2n) is 6.34. The van der Waals surface area contributed by atoms with Gasteiger partial charge in [-0.15, -0.1) is 0 Å². The van der Waals surface area contributed by atoms with E-state index in [-0.39, 0.29) is 17.2 Å². The lowest BCUT2D eigenvalue weighted by molar-refractivity contribution is 0.0540. The van der Waals surface area contributed by atoms with E-state index >= 15 is 0 Å². The van der Waals surface area contributed by atoms with E-state index in [1.54, 1.807) is 18.2 Å². The van der Waals surface area contributed by atoms with Gasteiger partial charge in [-0.05, 0) is 30.4 Å². The van der Waals surface area contributed by atoms with Crippen LogP contribution in [0.15, 0.2) is 18.2 Å². The third kappa shape index (κ3) is 1.99. The van der Waals surface area contributed by atoms with Crippen LogP contribution in [-0.2, 0) is 0 Å². The van der Waals surface area contributed by atoms with E-state index in [9.17, 15) is 9.59 Å². The Hall–Kier alpha value is -1.84. The largest absolute Gasteiger partial charge is 0.398 e. The molecule has 1 aromatic rings. The molecule has 0 unspecified atom stereocenters. The molecule has 0 bridgehead atoms. The SMILES string of the molecule is CC1(CN2C(=O)c3cccc(N)c3C2=O)CCCCC1. The molecule has 2 amide bonds. The summed E-state index contributed by atoms with van der Waals surface area (Å²) in [6.07, 6.45) is 5.78. The Kier molecular flexibility index (Phi) is 3.04. The van der Waals surface area contributed by atoms with Gasteiger partial charge in [-0.25, -0.2) is 0 Å². The van der Waals surface area contributed by atoms with E-state index in [2.05, 4.69) is 6.92 Å². The van der Waals surface area contributed by atoms with Gasteiger partial charge in [-0.1, -0.05) is 32.3 Å². The summed E-state index contributed by atoms with van der Waals surface area (Å²) in [5.41, 5.74) is 7.15. The van der Waals surface area contributed by atoms with E-state index in [4.69, 9.17) is 5.73 Å². The fraction of sp³-hybridized carbons (Fsp3) is 0.500. The molecule has 0 spiro atoms. The van der Waals surface area contributed by atoms with E-state index in [0.29, 0.717) is 23.4 Å². The molecule has 0 aromatic heterocycles. The Bertz CT molecular complexity index is 574. The number of nitrogens with two attached hydrogens (primary N) is 1. The van der Waals surface area contributed by atoms with E-state index in [0.717, 1.165) is 12.8 Å². The minimum Gasteiger partial charge on any atom is -0.398 e. The molecule has 1 saturated carbocycles. The number of nitrogens with zero attached hydrogens (tertiary/aromatic N) is 1. The summed E-state index contributed by atoms with van der Waals surface area (Å²) in [6, 6.07) is 5.09. The number of hydrogen-bond donors (Lipinski definition) is 1. The molecule has 1 aliphatic carbocycles. The summed E-state index contributed by atoms with van der Waals surface area (Å²) < 4.78 is 0. The fourth-order valence-electron chi connectivity index (χ4n) is 3.45. The summed E-state index contributed by atoms with van der Waals surface area (Å²) in [6.45, 7) is 2.69. The maximum atomic E-state index is 12.5. The minimum absolute atomic E-state index is 0.0559. The molecule has 1 aliphatic heterocycles. The zero-order valence-corrected chi connectivity index (χ0v) is 11.8. The first-order chi connectivity index (χ1) is 9.52. The molecule has 1 heterocycles. The molecule has 1 aromatic carbocycles. The van der Waals surface area contributed by atoms with Gasteiger partial charge >= 0.3 is 0 Å². The quantitative estimate of drug-likeness (QED) is 0.665. The third-order valence-corrected chi connectivity index (χ3v) is 4.63. The molecule has 3 rings (SSSR count). The van der Waals surface area contributed by atoms with Crippen molar-refractivity contribution in [2.24, 2.45) is 5.41 Å². The third-order valence-electron chi connectivity index (χ3n) is 4.63. The first kappa shape index (κ1) is 13.2. The normalized spacial score (nSPS) is 21.1. The molecule has 0 radical (unpaired) electrons. The second kappa shape index (κ2) is 4.62. The number of hydrogen-bond acceptors (Lipinski definition) is 3. The molecule has 0 saturated heterocycles. The van der Waals surface area contributed by atoms with Crippen molar-refractivity contribution >= 4 is 17.5 Å². The van der Waals surface area contributed by atoms with E-state index < -0.39 is 0 Å². The number of imide groups is 1. The average Bonchev–Trinajstić information content (AvgIpc) is 2.66. The highest BCUT2D eigenvalue weighted by Crippen LogP contribution is 2.38. The van der Waals surface area contributed by atoms with Crippen molar-refractivity contribution < 1.29 is 9.59 Å². The fourth-order valence-corrected chi connectivity index (χ4v) is 3.45. The van der Waals surface area contributed by atoms with Crippen molar-refractivity contribution in [2.75, 3.05) is 12.3 Å². The Morgan fingerprint density at radius 2 is 1.85 bits per heavy atom.